The first-order valence-corrected chi connectivity index (χ1v) is 8.67. The van der Waals surface area contributed by atoms with Crippen LogP contribution >= 0.6 is 63.1 Å². The summed E-state index contributed by atoms with van der Waals surface area (Å²) in [5.74, 6) is 0.495. The molecule has 108 valence electrons. The molecule has 0 amide bonds. The van der Waals surface area contributed by atoms with E-state index in [2.05, 4.69) is 73.4 Å². The van der Waals surface area contributed by atoms with Crippen molar-refractivity contribution in [2.45, 2.75) is 43.4 Å². The van der Waals surface area contributed by atoms with Crippen molar-refractivity contribution in [1.82, 2.24) is 10.3 Å². The van der Waals surface area contributed by atoms with Crippen molar-refractivity contribution in [3.63, 3.8) is 0 Å². The molecule has 0 spiro atoms. The molecule has 2 nitrogen and oxygen atoms in total. The van der Waals surface area contributed by atoms with Crippen molar-refractivity contribution in [2.75, 3.05) is 13.1 Å². The normalized spacial score (nSPS) is 17.1. The summed E-state index contributed by atoms with van der Waals surface area (Å²) in [4.78, 5) is 6.53. The van der Waals surface area contributed by atoms with Gasteiger partial charge in [-0.3, -0.25) is 0 Å². The van der Waals surface area contributed by atoms with Gasteiger partial charge in [-0.05, 0) is 37.4 Å². The van der Waals surface area contributed by atoms with Crippen LogP contribution in [0.1, 0.15) is 24.3 Å². The molecule has 2 aromatic rings. The van der Waals surface area contributed by atoms with E-state index in [4.69, 9.17) is 0 Å². The van der Waals surface area contributed by atoms with Gasteiger partial charge in [-0.2, -0.15) is 0 Å². The van der Waals surface area contributed by atoms with Gasteiger partial charge in [-0.1, -0.05) is 0 Å². The number of aromatic amines is 1. The number of H-pyrrole nitrogens is 1. The molecule has 0 aliphatic carbocycles. The van der Waals surface area contributed by atoms with Crippen LogP contribution in [0.4, 0.5) is 0 Å². The van der Waals surface area contributed by atoms with E-state index in [1.807, 2.05) is 0 Å². The number of aromatic nitrogens is 1. The second-order valence-electron chi connectivity index (χ2n) is 5.06. The first-order chi connectivity index (χ1) is 9.52. The Morgan fingerprint density at radius 1 is 0.800 bits per heavy atom. The lowest BCUT2D eigenvalue weighted by Gasteiger charge is -2.23. The van der Waals surface area contributed by atoms with E-state index in [0.717, 1.165) is 61.4 Å². The molecule has 2 heterocycles. The van der Waals surface area contributed by atoms with E-state index < -0.39 is 0 Å². The van der Waals surface area contributed by atoms with E-state index in [1.165, 1.54) is 5.56 Å². The summed E-state index contributed by atoms with van der Waals surface area (Å²) >= 11 is 22.9. The fourth-order valence-electron chi connectivity index (χ4n) is 2.89. The number of nitrogens with one attached hydrogen (secondary N) is 2. The predicted molar refractivity (Wildman–Crippen MR) is 99.4 cm³/mol. The van der Waals surface area contributed by atoms with Gasteiger partial charge >= 0.3 is 0 Å². The van der Waals surface area contributed by atoms with Gasteiger partial charge in [0.25, 0.3) is 0 Å². The molecule has 0 saturated carbocycles. The molecule has 20 heavy (non-hydrogen) atoms. The third-order valence-corrected chi connectivity index (χ3v) is 6.58. The Kier molecular flexibility index (Phi) is 4.56. The molecule has 0 atom stereocenters. The molecule has 7 heteroatoms. The molecule has 0 bridgehead atoms. The Bertz CT molecular complexity index is 673. The van der Waals surface area contributed by atoms with Gasteiger partial charge in [0.2, 0.25) is 0 Å². The van der Waals surface area contributed by atoms with Crippen LogP contribution in [0.3, 0.4) is 0 Å². The standard InChI is InChI=1S/C13H16N2S5/c16-9-7-6(5-1-3-14-4-2-5)13(20)15-8(7)10(17)12(19)11(9)18/h5,14-20H,1-4H2. The summed E-state index contributed by atoms with van der Waals surface area (Å²) in [6.45, 7) is 2.08. The summed E-state index contributed by atoms with van der Waals surface area (Å²) in [5, 5.41) is 5.40. The maximum Gasteiger partial charge on any atom is 0.0737 e. The zero-order chi connectivity index (χ0) is 14.4. The molecule has 3 rings (SSSR count). The molecule has 2 N–H and O–H groups in total. The second kappa shape index (κ2) is 5.93. The average Bonchev–Trinajstić information content (AvgIpc) is 2.81. The van der Waals surface area contributed by atoms with E-state index in [9.17, 15) is 0 Å². The lowest BCUT2D eigenvalue weighted by atomic mass is 9.90. The zero-order valence-corrected chi connectivity index (χ0v) is 15.1. The van der Waals surface area contributed by atoms with Crippen LogP contribution in [0.25, 0.3) is 10.9 Å². The fraction of sp³-hybridized carbons (Fsp3) is 0.385. The summed E-state index contributed by atoms with van der Waals surface area (Å²) in [6.07, 6.45) is 2.22. The molecule has 1 aliphatic heterocycles. The summed E-state index contributed by atoms with van der Waals surface area (Å²) in [6, 6.07) is 0. The molecular formula is C13H16N2S5. The van der Waals surface area contributed by atoms with Crippen molar-refractivity contribution in [2.24, 2.45) is 0 Å². The zero-order valence-electron chi connectivity index (χ0n) is 10.6. The summed E-state index contributed by atoms with van der Waals surface area (Å²) in [5.41, 5.74) is 2.20. The molecule has 1 saturated heterocycles. The maximum absolute atomic E-state index is 4.65. The van der Waals surface area contributed by atoms with Gasteiger partial charge in [0.05, 0.1) is 10.5 Å². The third-order valence-electron chi connectivity index (χ3n) is 3.91. The van der Waals surface area contributed by atoms with Crippen LogP contribution in [-0.2, 0) is 0 Å². The SMILES string of the molecule is Sc1[nH]c2c(S)c(S)c(S)c(S)c2c1C1CCNCC1. The monoisotopic (exact) mass is 360 g/mol. The van der Waals surface area contributed by atoms with Crippen LogP contribution in [0.15, 0.2) is 24.6 Å². The third kappa shape index (κ3) is 2.40. The van der Waals surface area contributed by atoms with Crippen molar-refractivity contribution in [3.8, 4) is 0 Å². The van der Waals surface area contributed by atoms with Crippen LogP contribution in [-0.4, -0.2) is 18.1 Å². The highest BCUT2D eigenvalue weighted by Gasteiger charge is 2.25. The number of benzene rings is 1. The van der Waals surface area contributed by atoms with E-state index >= 15 is 0 Å². The van der Waals surface area contributed by atoms with Crippen LogP contribution in [0, 0.1) is 0 Å². The number of hydrogen-bond donors (Lipinski definition) is 7. The Morgan fingerprint density at radius 2 is 1.40 bits per heavy atom. The van der Waals surface area contributed by atoms with Crippen LogP contribution < -0.4 is 5.32 Å². The number of fused-ring (bicyclic) bond motifs is 1. The molecular weight excluding hydrogens is 344 g/mol. The van der Waals surface area contributed by atoms with E-state index in [0.29, 0.717) is 5.92 Å². The van der Waals surface area contributed by atoms with Gasteiger partial charge in [-0.25, -0.2) is 0 Å². The fourth-order valence-corrected chi connectivity index (χ4v) is 4.55. The summed E-state index contributed by atoms with van der Waals surface area (Å²) < 4.78 is 0. The van der Waals surface area contributed by atoms with Gasteiger partial charge in [-0.15, -0.1) is 63.1 Å². The quantitative estimate of drug-likeness (QED) is 0.384. The Hall–Kier alpha value is 0.470. The van der Waals surface area contributed by atoms with Crippen LogP contribution in [0.5, 0.6) is 0 Å². The summed E-state index contributed by atoms with van der Waals surface area (Å²) in [7, 11) is 0. The van der Waals surface area contributed by atoms with Gasteiger partial charge in [0.15, 0.2) is 0 Å². The first-order valence-electron chi connectivity index (χ1n) is 6.43. The number of hydrogen-bond acceptors (Lipinski definition) is 6. The minimum atomic E-state index is 0.495. The van der Waals surface area contributed by atoms with Crippen molar-refractivity contribution < 1.29 is 0 Å². The Morgan fingerprint density at radius 3 is 2.05 bits per heavy atom. The van der Waals surface area contributed by atoms with Crippen molar-refractivity contribution in [1.29, 1.82) is 0 Å². The van der Waals surface area contributed by atoms with E-state index in [1.54, 1.807) is 0 Å². The van der Waals surface area contributed by atoms with Gasteiger partial charge < -0.3 is 10.3 Å². The highest BCUT2D eigenvalue weighted by Crippen LogP contribution is 2.45. The molecule has 0 radical (unpaired) electrons. The Balaban J connectivity index is 2.29. The molecule has 1 aliphatic rings. The number of piperidine rings is 1. The highest BCUT2D eigenvalue weighted by molar-refractivity contribution is 7.86. The van der Waals surface area contributed by atoms with Gasteiger partial charge in [0.1, 0.15) is 0 Å². The minimum absolute atomic E-state index is 0.495. The Labute approximate surface area is 145 Å². The molecule has 1 fully saturated rings. The molecule has 0 unspecified atom stereocenters. The number of rotatable bonds is 1. The van der Waals surface area contributed by atoms with Gasteiger partial charge in [0, 0.05) is 25.0 Å². The molecule has 1 aromatic heterocycles. The lowest BCUT2D eigenvalue weighted by molar-refractivity contribution is 0.458. The minimum Gasteiger partial charge on any atom is -0.349 e. The topological polar surface area (TPSA) is 27.8 Å². The molecule has 1 aromatic carbocycles. The predicted octanol–water partition coefficient (Wildman–Crippen LogP) is 4.08. The van der Waals surface area contributed by atoms with Crippen molar-refractivity contribution >= 4 is 74.0 Å². The second-order valence-corrected chi connectivity index (χ2v) is 7.29. The highest BCUT2D eigenvalue weighted by atomic mass is 32.1. The average molecular weight is 361 g/mol. The van der Waals surface area contributed by atoms with Crippen molar-refractivity contribution in [3.05, 3.63) is 5.56 Å². The van der Waals surface area contributed by atoms with Crippen LogP contribution in [0.2, 0.25) is 0 Å². The maximum atomic E-state index is 4.65. The first kappa shape index (κ1) is 15.4. The van der Waals surface area contributed by atoms with E-state index in [-0.39, 0.29) is 0 Å². The smallest absolute Gasteiger partial charge is 0.0737 e. The lowest BCUT2D eigenvalue weighted by Crippen LogP contribution is -2.26. The largest absolute Gasteiger partial charge is 0.349 e. The number of thiol groups is 5.